The first-order valence-electron chi connectivity index (χ1n) is 6.29. The molecule has 0 fully saturated rings. The summed E-state index contributed by atoms with van der Waals surface area (Å²) < 4.78 is 0. The van der Waals surface area contributed by atoms with E-state index in [1.54, 1.807) is 0 Å². The topological polar surface area (TPSA) is 20.2 Å². The van der Waals surface area contributed by atoms with Crippen LogP contribution in [0.25, 0.3) is 22.3 Å². The van der Waals surface area contributed by atoms with Crippen LogP contribution >= 0.6 is 0 Å². The van der Waals surface area contributed by atoms with Gasteiger partial charge in [0, 0.05) is 30.6 Å². The smallest absolute Gasteiger partial charge is 0.131 e. The third-order valence-electron chi connectivity index (χ3n) is 3.21. The van der Waals surface area contributed by atoms with Gasteiger partial charge in [0.05, 0.1) is 0 Å². The molecule has 2 heteroatoms. The molecular weight excluding hydrogens is 298 g/mol. The van der Waals surface area contributed by atoms with Crippen LogP contribution in [-0.4, -0.2) is 5.11 Å². The number of benzene rings is 3. The van der Waals surface area contributed by atoms with E-state index in [-0.39, 0.29) is 19.5 Å². The van der Waals surface area contributed by atoms with Crippen molar-refractivity contribution in [2.24, 2.45) is 0 Å². The molecule has 20 heavy (non-hydrogen) atoms. The third-order valence-corrected chi connectivity index (χ3v) is 3.21. The molecule has 0 unspecified atom stereocenters. The molecule has 3 aromatic rings. The zero-order valence-corrected chi connectivity index (χ0v) is 14.1. The second kappa shape index (κ2) is 6.50. The Kier molecular flexibility index (Phi) is 4.71. The fourth-order valence-electron chi connectivity index (χ4n) is 2.24. The Morgan fingerprint density at radius 3 is 1.30 bits per heavy atom. The molecule has 0 saturated carbocycles. The van der Waals surface area contributed by atoms with Crippen LogP contribution in [0, 0.1) is 0 Å². The maximum Gasteiger partial charge on any atom is 0.131 e. The Labute approximate surface area is 131 Å². The standard InChI is InChI=1S/C18H14O.Zn/c19-18-16(14-8-3-1-4-9-14)12-7-13-17(18)15-10-5-2-6-11-15;/h1-13,19H;. The largest absolute Gasteiger partial charge is 0.507 e. The summed E-state index contributed by atoms with van der Waals surface area (Å²) in [6.45, 7) is 0. The van der Waals surface area contributed by atoms with Crippen molar-refractivity contribution in [3.63, 3.8) is 0 Å². The van der Waals surface area contributed by atoms with E-state index in [4.69, 9.17) is 0 Å². The summed E-state index contributed by atoms with van der Waals surface area (Å²) in [4.78, 5) is 0. The molecular formula is C18H14OZn. The number of phenolic OH excluding ortho intramolecular Hbond substituents is 1. The molecule has 0 aliphatic rings. The molecule has 0 amide bonds. The maximum atomic E-state index is 10.5. The molecule has 3 rings (SSSR count). The van der Waals surface area contributed by atoms with E-state index in [1.165, 1.54) is 0 Å². The van der Waals surface area contributed by atoms with Gasteiger partial charge in [0.15, 0.2) is 0 Å². The second-order valence-electron chi connectivity index (χ2n) is 4.43. The van der Waals surface area contributed by atoms with Gasteiger partial charge < -0.3 is 5.11 Å². The van der Waals surface area contributed by atoms with Gasteiger partial charge >= 0.3 is 0 Å². The molecule has 1 N–H and O–H groups in total. The van der Waals surface area contributed by atoms with Crippen LogP contribution < -0.4 is 0 Å². The van der Waals surface area contributed by atoms with Crippen LogP contribution in [-0.2, 0) is 19.5 Å². The zero-order chi connectivity index (χ0) is 13.1. The molecule has 0 atom stereocenters. The average molecular weight is 312 g/mol. The van der Waals surface area contributed by atoms with Crippen LogP contribution in [0.2, 0.25) is 0 Å². The third kappa shape index (κ3) is 2.81. The van der Waals surface area contributed by atoms with Crippen molar-refractivity contribution >= 4 is 0 Å². The molecule has 0 spiro atoms. The Hall–Kier alpha value is -1.92. The Balaban J connectivity index is 0.00000147. The normalized spacial score (nSPS) is 9.80. The van der Waals surface area contributed by atoms with E-state index >= 15 is 0 Å². The fraction of sp³-hybridized carbons (Fsp3) is 0. The minimum atomic E-state index is 0. The van der Waals surface area contributed by atoms with Gasteiger partial charge in [-0.25, -0.2) is 0 Å². The van der Waals surface area contributed by atoms with Crippen LogP contribution in [0.1, 0.15) is 0 Å². The molecule has 0 heterocycles. The molecule has 1 nitrogen and oxygen atoms in total. The van der Waals surface area contributed by atoms with E-state index in [9.17, 15) is 5.11 Å². The van der Waals surface area contributed by atoms with Crippen LogP contribution in [0.5, 0.6) is 5.75 Å². The Morgan fingerprint density at radius 1 is 0.500 bits per heavy atom. The fourth-order valence-corrected chi connectivity index (χ4v) is 2.24. The molecule has 0 aliphatic heterocycles. The summed E-state index contributed by atoms with van der Waals surface area (Å²) in [5.41, 5.74) is 3.78. The van der Waals surface area contributed by atoms with Crippen molar-refractivity contribution in [1.82, 2.24) is 0 Å². The molecule has 94 valence electrons. The van der Waals surface area contributed by atoms with E-state index in [0.29, 0.717) is 5.75 Å². The number of phenols is 1. The first kappa shape index (κ1) is 14.5. The van der Waals surface area contributed by atoms with Crippen LogP contribution in [0.3, 0.4) is 0 Å². The number of rotatable bonds is 2. The average Bonchev–Trinajstić information content (AvgIpc) is 2.49. The number of hydrogen-bond acceptors (Lipinski definition) is 1. The van der Waals surface area contributed by atoms with Gasteiger partial charge in [0.1, 0.15) is 5.75 Å². The molecule has 0 aromatic heterocycles. The summed E-state index contributed by atoms with van der Waals surface area (Å²) in [5.74, 6) is 0.333. The maximum absolute atomic E-state index is 10.5. The SMILES string of the molecule is Oc1c(-c2ccccc2)cccc1-c1ccccc1.[Zn]. The molecule has 0 bridgehead atoms. The van der Waals surface area contributed by atoms with Crippen molar-refractivity contribution in [2.45, 2.75) is 0 Å². The minimum absolute atomic E-state index is 0. The number of hydrogen-bond donors (Lipinski definition) is 1. The van der Waals surface area contributed by atoms with Gasteiger partial charge in [-0.2, -0.15) is 0 Å². The van der Waals surface area contributed by atoms with Crippen molar-refractivity contribution in [3.05, 3.63) is 78.9 Å². The summed E-state index contributed by atoms with van der Waals surface area (Å²) in [5, 5.41) is 10.5. The Bertz CT molecular complexity index is 621. The molecule has 0 saturated heterocycles. The quantitative estimate of drug-likeness (QED) is 0.679. The van der Waals surface area contributed by atoms with Gasteiger partial charge in [-0.1, -0.05) is 78.9 Å². The summed E-state index contributed by atoms with van der Waals surface area (Å²) in [6, 6.07) is 25.7. The monoisotopic (exact) mass is 310 g/mol. The van der Waals surface area contributed by atoms with E-state index in [2.05, 4.69) is 0 Å². The van der Waals surface area contributed by atoms with Crippen molar-refractivity contribution in [1.29, 1.82) is 0 Å². The second-order valence-corrected chi connectivity index (χ2v) is 4.43. The number of aromatic hydroxyl groups is 1. The summed E-state index contributed by atoms with van der Waals surface area (Å²) in [6.07, 6.45) is 0. The minimum Gasteiger partial charge on any atom is -0.507 e. The zero-order valence-electron chi connectivity index (χ0n) is 11.2. The van der Waals surface area contributed by atoms with Gasteiger partial charge in [-0.05, 0) is 11.1 Å². The van der Waals surface area contributed by atoms with E-state index < -0.39 is 0 Å². The van der Waals surface area contributed by atoms with Crippen molar-refractivity contribution in [2.75, 3.05) is 0 Å². The van der Waals surface area contributed by atoms with Crippen LogP contribution in [0.4, 0.5) is 0 Å². The van der Waals surface area contributed by atoms with Gasteiger partial charge in [0.2, 0.25) is 0 Å². The first-order chi connectivity index (χ1) is 9.36. The summed E-state index contributed by atoms with van der Waals surface area (Å²) >= 11 is 0. The predicted octanol–water partition coefficient (Wildman–Crippen LogP) is 4.72. The molecule has 0 aliphatic carbocycles. The van der Waals surface area contributed by atoms with E-state index in [1.807, 2.05) is 78.9 Å². The summed E-state index contributed by atoms with van der Waals surface area (Å²) in [7, 11) is 0. The predicted molar refractivity (Wildman–Crippen MR) is 79.0 cm³/mol. The first-order valence-corrected chi connectivity index (χ1v) is 6.29. The van der Waals surface area contributed by atoms with Crippen molar-refractivity contribution < 1.29 is 24.6 Å². The molecule has 0 radical (unpaired) electrons. The Morgan fingerprint density at radius 2 is 0.900 bits per heavy atom. The van der Waals surface area contributed by atoms with E-state index in [0.717, 1.165) is 22.3 Å². The number of para-hydroxylation sites is 1. The molecule has 3 aromatic carbocycles. The van der Waals surface area contributed by atoms with Crippen molar-refractivity contribution in [3.8, 4) is 28.0 Å². The van der Waals surface area contributed by atoms with Gasteiger partial charge in [-0.3, -0.25) is 0 Å². The van der Waals surface area contributed by atoms with Gasteiger partial charge in [0.25, 0.3) is 0 Å². The van der Waals surface area contributed by atoms with Gasteiger partial charge in [-0.15, -0.1) is 0 Å². The van der Waals surface area contributed by atoms with Crippen LogP contribution in [0.15, 0.2) is 78.9 Å².